The Bertz CT molecular complexity index is 698. The Hall–Kier alpha value is -2.05. The first-order valence-corrected chi connectivity index (χ1v) is 8.89. The maximum Gasteiger partial charge on any atom is 0.392 e. The van der Waals surface area contributed by atoms with Crippen LogP contribution in [0.25, 0.3) is 0 Å². The number of benzene rings is 1. The molecule has 1 unspecified atom stereocenters. The average Bonchev–Trinajstić information content (AvgIpc) is 2.57. The summed E-state index contributed by atoms with van der Waals surface area (Å²) in [5, 5.41) is 9.19. The van der Waals surface area contributed by atoms with Crippen LogP contribution < -0.4 is 0 Å². The van der Waals surface area contributed by atoms with E-state index in [1.165, 1.54) is 6.07 Å². The van der Waals surface area contributed by atoms with Gasteiger partial charge in [-0.2, -0.15) is 13.2 Å². The molecule has 1 N–H and O–H groups in total. The van der Waals surface area contributed by atoms with Gasteiger partial charge in [-0.15, -0.1) is 0 Å². The molecule has 0 aromatic heterocycles. The first-order valence-electron chi connectivity index (χ1n) is 8.89. The van der Waals surface area contributed by atoms with Gasteiger partial charge in [0.05, 0.1) is 11.5 Å². The van der Waals surface area contributed by atoms with Crippen molar-refractivity contribution in [2.75, 3.05) is 13.1 Å². The zero-order valence-corrected chi connectivity index (χ0v) is 14.4. The van der Waals surface area contributed by atoms with E-state index in [4.69, 9.17) is 0 Å². The van der Waals surface area contributed by atoms with Crippen molar-refractivity contribution in [1.82, 2.24) is 4.90 Å². The van der Waals surface area contributed by atoms with Crippen LogP contribution in [0.4, 0.5) is 13.2 Å². The van der Waals surface area contributed by atoms with E-state index in [1.807, 2.05) is 0 Å². The molecule has 1 aromatic rings. The maximum absolute atomic E-state index is 13.3. The topological polar surface area (TPSA) is 57.6 Å². The molecule has 4 nitrogen and oxygen atoms in total. The number of alkyl halides is 3. The Balaban J connectivity index is 1.64. The van der Waals surface area contributed by atoms with Crippen molar-refractivity contribution in [3.8, 4) is 0 Å². The maximum atomic E-state index is 13.3. The van der Waals surface area contributed by atoms with Gasteiger partial charge in [-0.05, 0) is 42.7 Å². The number of carboxylic acid groups (broad SMARTS) is 1. The molecule has 1 atom stereocenters. The number of rotatable bonds is 4. The molecule has 142 valence electrons. The minimum atomic E-state index is -4.21. The van der Waals surface area contributed by atoms with Crippen molar-refractivity contribution in [3.05, 3.63) is 35.4 Å². The summed E-state index contributed by atoms with van der Waals surface area (Å²) in [6, 6.07) is 6.49. The van der Waals surface area contributed by atoms with Crippen molar-refractivity contribution in [1.29, 1.82) is 0 Å². The highest BCUT2D eigenvalue weighted by molar-refractivity contribution is 5.89. The molecular weight excluding hydrogens is 347 g/mol. The second-order valence-electron chi connectivity index (χ2n) is 7.38. The zero-order chi connectivity index (χ0) is 18.9. The van der Waals surface area contributed by atoms with Gasteiger partial charge in [-0.25, -0.2) is 4.79 Å². The number of aromatic carboxylic acids is 1. The van der Waals surface area contributed by atoms with Gasteiger partial charge in [0.2, 0.25) is 5.91 Å². The number of carbonyl (C=O) groups is 2. The minimum absolute atomic E-state index is 0.0407. The third-order valence-corrected chi connectivity index (χ3v) is 5.89. The van der Waals surface area contributed by atoms with E-state index in [-0.39, 0.29) is 43.8 Å². The van der Waals surface area contributed by atoms with Crippen LogP contribution in [0.5, 0.6) is 0 Å². The van der Waals surface area contributed by atoms with Crippen molar-refractivity contribution < 1.29 is 27.9 Å². The Morgan fingerprint density at radius 2 is 1.92 bits per heavy atom. The number of carbonyl (C=O) groups excluding carboxylic acids is 1. The zero-order valence-electron chi connectivity index (χ0n) is 14.4. The quantitative estimate of drug-likeness (QED) is 0.876. The first-order chi connectivity index (χ1) is 12.2. The Morgan fingerprint density at radius 3 is 2.50 bits per heavy atom. The Labute approximate surface area is 150 Å². The van der Waals surface area contributed by atoms with Crippen LogP contribution in [0.1, 0.15) is 48.0 Å². The summed E-state index contributed by atoms with van der Waals surface area (Å²) in [5.41, 5.74) is -0.0890. The van der Waals surface area contributed by atoms with Gasteiger partial charge in [0.1, 0.15) is 0 Å². The fourth-order valence-electron chi connectivity index (χ4n) is 4.37. The molecule has 3 rings (SSSR count). The highest BCUT2D eigenvalue weighted by Gasteiger charge is 2.58. The lowest BCUT2D eigenvalue weighted by Crippen LogP contribution is -2.57. The van der Waals surface area contributed by atoms with E-state index in [2.05, 4.69) is 0 Å². The summed E-state index contributed by atoms with van der Waals surface area (Å²) < 4.78 is 39.9. The summed E-state index contributed by atoms with van der Waals surface area (Å²) in [6.45, 7) is 0.280. The number of nitrogens with zero attached hydrogens (tertiary/aromatic N) is 1. The summed E-state index contributed by atoms with van der Waals surface area (Å²) >= 11 is 0. The monoisotopic (exact) mass is 369 g/mol. The van der Waals surface area contributed by atoms with Crippen LogP contribution in [0.2, 0.25) is 0 Å². The van der Waals surface area contributed by atoms with E-state index in [9.17, 15) is 27.9 Å². The summed E-state index contributed by atoms with van der Waals surface area (Å²) in [4.78, 5) is 25.3. The number of likely N-dealkylation sites (tertiary alicyclic amines) is 1. The summed E-state index contributed by atoms with van der Waals surface area (Å²) in [7, 11) is 0. The number of hydrogen-bond acceptors (Lipinski definition) is 2. The van der Waals surface area contributed by atoms with Gasteiger partial charge in [0, 0.05) is 19.5 Å². The molecule has 1 aliphatic heterocycles. The van der Waals surface area contributed by atoms with E-state index < -0.39 is 23.5 Å². The number of aryl methyl sites for hydroxylation is 1. The highest BCUT2D eigenvalue weighted by Crippen LogP contribution is 2.56. The van der Waals surface area contributed by atoms with E-state index in [0.29, 0.717) is 18.4 Å². The predicted octanol–water partition coefficient (Wildman–Crippen LogP) is 3.90. The number of hydrogen-bond donors (Lipinski definition) is 1. The summed E-state index contributed by atoms with van der Waals surface area (Å²) in [6.07, 6.45) is -2.06. The lowest BCUT2D eigenvalue weighted by molar-refractivity contribution is -0.237. The van der Waals surface area contributed by atoms with Crippen LogP contribution in [0, 0.1) is 11.3 Å². The molecule has 0 radical (unpaired) electrons. The third-order valence-electron chi connectivity index (χ3n) is 5.89. The molecule has 1 aliphatic carbocycles. The molecule has 2 aliphatic rings. The first kappa shape index (κ1) is 18.7. The normalized spacial score (nSPS) is 22.1. The number of piperidine rings is 1. The largest absolute Gasteiger partial charge is 0.478 e. The van der Waals surface area contributed by atoms with Crippen molar-refractivity contribution in [2.45, 2.75) is 44.7 Å². The van der Waals surface area contributed by atoms with E-state index in [1.54, 1.807) is 23.1 Å². The van der Waals surface area contributed by atoms with Gasteiger partial charge in [-0.3, -0.25) is 4.79 Å². The van der Waals surface area contributed by atoms with Gasteiger partial charge >= 0.3 is 12.1 Å². The van der Waals surface area contributed by atoms with Crippen molar-refractivity contribution >= 4 is 11.9 Å². The second kappa shape index (κ2) is 6.93. The third kappa shape index (κ3) is 3.57. The van der Waals surface area contributed by atoms with Crippen LogP contribution in [-0.4, -0.2) is 41.1 Å². The molecule has 1 amide bonds. The van der Waals surface area contributed by atoms with E-state index in [0.717, 1.165) is 6.42 Å². The molecule has 0 bridgehead atoms. The minimum Gasteiger partial charge on any atom is -0.478 e. The molecule has 2 fully saturated rings. The molecule has 1 saturated carbocycles. The second-order valence-corrected chi connectivity index (χ2v) is 7.38. The Morgan fingerprint density at radius 1 is 1.23 bits per heavy atom. The number of carboxylic acids is 1. The van der Waals surface area contributed by atoms with Crippen molar-refractivity contribution in [2.24, 2.45) is 11.3 Å². The summed E-state index contributed by atoms with van der Waals surface area (Å²) in [5.74, 6) is -2.56. The fourth-order valence-corrected chi connectivity index (χ4v) is 4.37. The Kier molecular flexibility index (Phi) is 4.99. The molecule has 1 aromatic carbocycles. The molecule has 1 spiro atoms. The number of halogens is 3. The molecule has 1 heterocycles. The highest BCUT2D eigenvalue weighted by atomic mass is 19.4. The predicted molar refractivity (Wildman–Crippen MR) is 88.7 cm³/mol. The van der Waals surface area contributed by atoms with E-state index >= 15 is 0 Å². The van der Waals surface area contributed by atoms with Crippen molar-refractivity contribution in [3.63, 3.8) is 0 Å². The van der Waals surface area contributed by atoms with Crippen LogP contribution in [0.3, 0.4) is 0 Å². The lowest BCUT2D eigenvalue weighted by Gasteiger charge is -2.54. The number of amides is 1. The molecule has 1 saturated heterocycles. The average molecular weight is 369 g/mol. The van der Waals surface area contributed by atoms with Gasteiger partial charge in [0.15, 0.2) is 0 Å². The lowest BCUT2D eigenvalue weighted by atomic mass is 9.58. The van der Waals surface area contributed by atoms with Crippen LogP contribution in [0.15, 0.2) is 24.3 Å². The van der Waals surface area contributed by atoms with Gasteiger partial charge < -0.3 is 10.0 Å². The van der Waals surface area contributed by atoms with Gasteiger partial charge in [0.25, 0.3) is 0 Å². The standard InChI is InChI=1S/C19H22F3NO3/c20-19(21,22)15-8-11-23(12-18(15)9-3-10-18)16(24)7-6-13-4-1-2-5-14(13)17(25)26/h1-2,4-5,15H,3,6-12H2,(H,25,26). The fraction of sp³-hybridized carbons (Fsp3) is 0.579. The SMILES string of the molecule is O=C(O)c1ccccc1CCC(=O)N1CCC(C(F)(F)F)C2(CCC2)C1. The smallest absolute Gasteiger partial charge is 0.392 e. The van der Waals surface area contributed by atoms with Crippen LogP contribution in [-0.2, 0) is 11.2 Å². The molecule has 7 heteroatoms. The molecular formula is C19H22F3NO3. The van der Waals surface area contributed by atoms with Gasteiger partial charge in [-0.1, -0.05) is 24.6 Å². The molecule has 26 heavy (non-hydrogen) atoms. The van der Waals surface area contributed by atoms with Crippen LogP contribution >= 0.6 is 0 Å².